The summed E-state index contributed by atoms with van der Waals surface area (Å²) in [5.74, 6) is 6.61. The van der Waals surface area contributed by atoms with Gasteiger partial charge in [0.15, 0.2) is 0 Å². The number of hydrogen-bond acceptors (Lipinski definition) is 6. The highest BCUT2D eigenvalue weighted by Gasteiger charge is 2.15. The van der Waals surface area contributed by atoms with Gasteiger partial charge in [0, 0.05) is 29.2 Å². The lowest BCUT2D eigenvalue weighted by atomic mass is 10.1. The Balaban J connectivity index is 0.000000342. The molecule has 0 fully saturated rings. The topological polar surface area (TPSA) is 71.1 Å². The van der Waals surface area contributed by atoms with E-state index < -0.39 is 0 Å². The molecule has 0 radical (unpaired) electrons. The van der Waals surface area contributed by atoms with E-state index in [1.54, 1.807) is 6.92 Å². The molecule has 0 aliphatic carbocycles. The fourth-order valence-electron chi connectivity index (χ4n) is 2.75. The molecule has 0 aromatic heterocycles. The van der Waals surface area contributed by atoms with Crippen LogP contribution < -0.4 is 9.47 Å². The van der Waals surface area contributed by atoms with Crippen LogP contribution in [0.25, 0.3) is 0 Å². The first-order valence-electron chi connectivity index (χ1n) is 10.3. The van der Waals surface area contributed by atoms with Crippen LogP contribution >= 0.6 is 54.5 Å². The van der Waals surface area contributed by atoms with Crippen LogP contribution in [-0.2, 0) is 31.9 Å². The highest BCUT2D eigenvalue weighted by Crippen LogP contribution is 2.31. The van der Waals surface area contributed by atoms with Gasteiger partial charge in [0.2, 0.25) is 0 Å². The van der Waals surface area contributed by atoms with Gasteiger partial charge < -0.3 is 18.9 Å². The molecule has 0 spiro atoms. The van der Waals surface area contributed by atoms with Gasteiger partial charge in [-0.25, -0.2) is 0 Å². The van der Waals surface area contributed by atoms with Crippen LogP contribution in [-0.4, -0.2) is 39.4 Å². The van der Waals surface area contributed by atoms with E-state index in [1.165, 1.54) is 14.2 Å². The third-order valence-electron chi connectivity index (χ3n) is 4.24. The molecule has 2 aromatic rings. The quantitative estimate of drug-likeness (QED) is 0.188. The first-order valence-corrected chi connectivity index (χ1v) is 13.0. The van der Waals surface area contributed by atoms with Crippen molar-refractivity contribution in [3.8, 4) is 23.3 Å². The Kier molecular flexibility index (Phi) is 14.2. The lowest BCUT2D eigenvalue weighted by Crippen LogP contribution is -2.08. The number of esters is 2. The monoisotopic (exact) mass is 708 g/mol. The van der Waals surface area contributed by atoms with Crippen molar-refractivity contribution in [2.75, 3.05) is 27.4 Å². The second-order valence-corrected chi connectivity index (χ2v) is 9.50. The van der Waals surface area contributed by atoms with Crippen LogP contribution in [0.3, 0.4) is 0 Å². The fourth-order valence-corrected chi connectivity index (χ4v) is 4.94. The van der Waals surface area contributed by atoms with Gasteiger partial charge in [0.25, 0.3) is 0 Å². The minimum absolute atomic E-state index is 0.173. The Morgan fingerprint density at radius 3 is 1.76 bits per heavy atom. The van der Waals surface area contributed by atoms with E-state index in [-0.39, 0.29) is 24.8 Å². The molecule has 2 rings (SSSR count). The molecule has 0 heterocycles. The van der Waals surface area contributed by atoms with Crippen molar-refractivity contribution in [3.63, 3.8) is 0 Å². The zero-order valence-corrected chi connectivity index (χ0v) is 25.1. The number of ether oxygens (including phenoxy) is 4. The van der Waals surface area contributed by atoms with Gasteiger partial charge in [0.1, 0.15) is 11.5 Å². The smallest absolute Gasteiger partial charge is 0.310 e. The highest BCUT2D eigenvalue weighted by molar-refractivity contribution is 14.1. The third kappa shape index (κ3) is 9.84. The minimum Gasteiger partial charge on any atom is -0.494 e. The van der Waals surface area contributed by atoms with Gasteiger partial charge in [0.05, 0.1) is 40.3 Å². The Hall–Kier alpha value is -1.77. The maximum Gasteiger partial charge on any atom is 0.310 e. The minimum atomic E-state index is -0.300. The van der Waals surface area contributed by atoms with Gasteiger partial charge in [-0.05, 0) is 67.6 Å². The Labute approximate surface area is 231 Å². The van der Waals surface area contributed by atoms with Crippen molar-refractivity contribution >= 4 is 66.4 Å². The number of halogens is 3. The number of carbonyl (C=O) groups is 2. The van der Waals surface area contributed by atoms with Crippen LogP contribution in [0.5, 0.6) is 11.5 Å². The van der Waals surface area contributed by atoms with Crippen LogP contribution in [0.15, 0.2) is 33.2 Å². The van der Waals surface area contributed by atoms with Crippen molar-refractivity contribution in [1.82, 2.24) is 0 Å². The Bertz CT molecular complexity index is 1060. The van der Waals surface area contributed by atoms with Crippen molar-refractivity contribution < 1.29 is 28.5 Å². The number of methoxy groups -OCH3 is 2. The van der Waals surface area contributed by atoms with Gasteiger partial charge in [-0.15, -0.1) is 5.92 Å². The summed E-state index contributed by atoms with van der Waals surface area (Å²) in [5.41, 5.74) is 2.46. The predicted octanol–water partition coefficient (Wildman–Crippen LogP) is 6.10. The molecule has 0 N–H and O–H groups in total. The molecule has 0 saturated carbocycles. The van der Waals surface area contributed by atoms with Crippen molar-refractivity contribution in [3.05, 3.63) is 53.5 Å². The summed E-state index contributed by atoms with van der Waals surface area (Å²) in [4.78, 5) is 22.6. The van der Waals surface area contributed by atoms with E-state index in [1.807, 2.05) is 38.1 Å². The molecule has 184 valence electrons. The van der Waals surface area contributed by atoms with Crippen molar-refractivity contribution in [2.45, 2.75) is 33.6 Å². The molecule has 0 aliphatic rings. The molecule has 0 aliphatic heterocycles. The predicted molar refractivity (Wildman–Crippen MR) is 147 cm³/mol. The Morgan fingerprint density at radius 1 is 0.853 bits per heavy atom. The number of carbonyl (C=O) groups excluding carboxylic acids is 2. The number of benzene rings is 2. The molecule has 2 aromatic carbocycles. The molecule has 34 heavy (non-hydrogen) atoms. The summed E-state index contributed by atoms with van der Waals surface area (Å²) in [6.07, 6.45) is 0.385. The number of rotatable bonds is 8. The molecule has 0 bridgehead atoms. The standard InChI is InChI=1S/C14H15BrO3.C11H12BrIO3/c1-4-6-10-7-12(15)11(9-14(16)17-3)13(8-10)18-5-2;1-3-16-10-5-7(13)4-9(12)8(10)6-11(14)15-2/h7-8H,5,9H2,1-3H3;4-5H,3,6H2,1-2H3. The summed E-state index contributed by atoms with van der Waals surface area (Å²) in [5, 5.41) is 0. The van der Waals surface area contributed by atoms with Gasteiger partial charge in [-0.2, -0.15) is 0 Å². The lowest BCUT2D eigenvalue weighted by molar-refractivity contribution is -0.140. The molecule has 0 atom stereocenters. The zero-order chi connectivity index (χ0) is 25.7. The van der Waals surface area contributed by atoms with E-state index in [9.17, 15) is 9.59 Å². The second-order valence-electron chi connectivity index (χ2n) is 6.55. The first kappa shape index (κ1) is 30.3. The molecule has 9 heteroatoms. The van der Waals surface area contributed by atoms with E-state index in [2.05, 4.69) is 75.8 Å². The molecule has 0 amide bonds. The Morgan fingerprint density at radius 2 is 1.32 bits per heavy atom. The van der Waals surface area contributed by atoms with Gasteiger partial charge in [-0.1, -0.05) is 37.8 Å². The highest BCUT2D eigenvalue weighted by atomic mass is 127. The zero-order valence-electron chi connectivity index (χ0n) is 19.7. The van der Waals surface area contributed by atoms with Crippen LogP contribution in [0.4, 0.5) is 0 Å². The second kappa shape index (κ2) is 16.0. The normalized spacial score (nSPS) is 9.65. The summed E-state index contributed by atoms with van der Waals surface area (Å²) < 4.78 is 23.1. The van der Waals surface area contributed by atoms with E-state index in [0.717, 1.165) is 35.0 Å². The molecule has 6 nitrogen and oxygen atoms in total. The van der Waals surface area contributed by atoms with Crippen LogP contribution in [0, 0.1) is 15.4 Å². The van der Waals surface area contributed by atoms with Crippen LogP contribution in [0.1, 0.15) is 37.5 Å². The fraction of sp³-hybridized carbons (Fsp3) is 0.360. The van der Waals surface area contributed by atoms with E-state index in [4.69, 9.17) is 9.47 Å². The average Bonchev–Trinajstić information content (AvgIpc) is 2.79. The van der Waals surface area contributed by atoms with E-state index >= 15 is 0 Å². The molecule has 0 saturated heterocycles. The maximum absolute atomic E-state index is 11.4. The largest absolute Gasteiger partial charge is 0.494 e. The lowest BCUT2D eigenvalue weighted by Gasteiger charge is -2.12. The molecule has 0 unspecified atom stereocenters. The summed E-state index contributed by atoms with van der Waals surface area (Å²) in [6, 6.07) is 7.56. The van der Waals surface area contributed by atoms with Gasteiger partial charge >= 0.3 is 11.9 Å². The summed E-state index contributed by atoms with van der Waals surface area (Å²) in [6.45, 7) is 6.69. The van der Waals surface area contributed by atoms with Crippen molar-refractivity contribution in [1.29, 1.82) is 0 Å². The molecular weight excluding hydrogens is 683 g/mol. The summed E-state index contributed by atoms with van der Waals surface area (Å²) >= 11 is 9.08. The van der Waals surface area contributed by atoms with Gasteiger partial charge in [-0.3, -0.25) is 9.59 Å². The van der Waals surface area contributed by atoms with E-state index in [0.29, 0.717) is 19.0 Å². The van der Waals surface area contributed by atoms with Crippen molar-refractivity contribution in [2.24, 2.45) is 0 Å². The first-order chi connectivity index (χ1) is 16.2. The average molecular weight is 710 g/mol. The third-order valence-corrected chi connectivity index (χ3v) is 6.28. The summed E-state index contributed by atoms with van der Waals surface area (Å²) in [7, 11) is 2.75. The maximum atomic E-state index is 11.4. The number of hydrogen-bond donors (Lipinski definition) is 0. The molecular formula is C25H27Br2IO6. The van der Waals surface area contributed by atoms with Crippen LogP contribution in [0.2, 0.25) is 0 Å². The SMILES string of the molecule is CC#Cc1cc(Br)c(CC(=O)OC)c(OCC)c1.CCOc1cc(I)cc(Br)c1CC(=O)OC.